The maximum absolute atomic E-state index is 12.7. The summed E-state index contributed by atoms with van der Waals surface area (Å²) in [5.74, 6) is -0.393. The Morgan fingerprint density at radius 1 is 0.920 bits per heavy atom. The molecule has 2 aromatic rings. The van der Waals surface area contributed by atoms with Gasteiger partial charge < -0.3 is 10.6 Å². The van der Waals surface area contributed by atoms with Gasteiger partial charge in [0.2, 0.25) is 11.8 Å². The predicted molar refractivity (Wildman–Crippen MR) is 99.2 cm³/mol. The third-order valence-corrected chi connectivity index (χ3v) is 4.63. The van der Waals surface area contributed by atoms with Gasteiger partial charge in [0.15, 0.2) is 0 Å². The van der Waals surface area contributed by atoms with Crippen LogP contribution in [0, 0.1) is 26.2 Å². The first-order chi connectivity index (χ1) is 11.9. The normalized spacial score (nSPS) is 14.7. The van der Waals surface area contributed by atoms with Crippen LogP contribution in [0.1, 0.15) is 35.1 Å². The maximum atomic E-state index is 12.7. The SMILES string of the molecule is Cc1cccc(CNC(=O)C2(C(=O)Nc3cc(C)cc(C)c3)CC2)c1. The fourth-order valence-electron chi connectivity index (χ4n) is 3.15. The Balaban J connectivity index is 1.64. The van der Waals surface area contributed by atoms with Crippen molar-refractivity contribution in [3.63, 3.8) is 0 Å². The molecular formula is C21H24N2O2. The monoisotopic (exact) mass is 336 g/mol. The molecule has 2 N–H and O–H groups in total. The lowest BCUT2D eigenvalue weighted by Gasteiger charge is -2.16. The van der Waals surface area contributed by atoms with E-state index in [0.29, 0.717) is 19.4 Å². The van der Waals surface area contributed by atoms with Crippen LogP contribution < -0.4 is 10.6 Å². The molecule has 4 nitrogen and oxygen atoms in total. The summed E-state index contributed by atoms with van der Waals surface area (Å²) in [6.45, 7) is 6.44. The molecule has 0 unspecified atom stereocenters. The number of aryl methyl sites for hydroxylation is 3. The average Bonchev–Trinajstić information content (AvgIpc) is 3.33. The Morgan fingerprint density at radius 3 is 2.20 bits per heavy atom. The van der Waals surface area contributed by atoms with Crippen LogP contribution >= 0.6 is 0 Å². The fourth-order valence-corrected chi connectivity index (χ4v) is 3.15. The van der Waals surface area contributed by atoms with Crippen LogP contribution in [0.15, 0.2) is 42.5 Å². The lowest BCUT2D eigenvalue weighted by Crippen LogP contribution is -2.39. The third-order valence-electron chi connectivity index (χ3n) is 4.63. The topological polar surface area (TPSA) is 58.2 Å². The van der Waals surface area contributed by atoms with Gasteiger partial charge in [-0.2, -0.15) is 0 Å². The van der Waals surface area contributed by atoms with Gasteiger partial charge in [-0.3, -0.25) is 9.59 Å². The van der Waals surface area contributed by atoms with Crippen molar-refractivity contribution in [2.45, 2.75) is 40.2 Å². The molecule has 1 aliphatic carbocycles. The summed E-state index contributed by atoms with van der Waals surface area (Å²) < 4.78 is 0. The van der Waals surface area contributed by atoms with E-state index in [2.05, 4.69) is 16.7 Å². The molecule has 2 amide bonds. The molecule has 3 rings (SSSR count). The number of hydrogen-bond donors (Lipinski definition) is 2. The second-order valence-corrected chi connectivity index (χ2v) is 7.08. The van der Waals surface area contributed by atoms with Crippen molar-refractivity contribution in [3.05, 3.63) is 64.7 Å². The van der Waals surface area contributed by atoms with Crippen molar-refractivity contribution >= 4 is 17.5 Å². The molecule has 25 heavy (non-hydrogen) atoms. The van der Waals surface area contributed by atoms with Gasteiger partial charge in [0, 0.05) is 12.2 Å². The van der Waals surface area contributed by atoms with E-state index < -0.39 is 5.41 Å². The summed E-state index contributed by atoms with van der Waals surface area (Å²) in [6.07, 6.45) is 1.20. The number of carbonyl (C=O) groups is 2. The minimum Gasteiger partial charge on any atom is -0.351 e. The smallest absolute Gasteiger partial charge is 0.240 e. The van der Waals surface area contributed by atoms with Crippen molar-refractivity contribution in [1.29, 1.82) is 0 Å². The quantitative estimate of drug-likeness (QED) is 0.819. The Kier molecular flexibility index (Phi) is 4.62. The van der Waals surface area contributed by atoms with Gasteiger partial charge in [0.05, 0.1) is 0 Å². The summed E-state index contributed by atoms with van der Waals surface area (Å²) in [7, 11) is 0. The molecule has 1 saturated carbocycles. The minimum atomic E-state index is -0.915. The van der Waals surface area contributed by atoms with E-state index in [-0.39, 0.29) is 11.8 Å². The number of carbonyl (C=O) groups excluding carboxylic acids is 2. The van der Waals surface area contributed by atoms with E-state index in [1.807, 2.05) is 57.2 Å². The van der Waals surface area contributed by atoms with Crippen LogP contribution in [0.2, 0.25) is 0 Å². The van der Waals surface area contributed by atoms with Crippen LogP contribution in [0.25, 0.3) is 0 Å². The van der Waals surface area contributed by atoms with Crippen LogP contribution in [0.3, 0.4) is 0 Å². The van der Waals surface area contributed by atoms with E-state index in [1.165, 1.54) is 0 Å². The molecule has 0 bridgehead atoms. The second-order valence-electron chi connectivity index (χ2n) is 7.08. The summed E-state index contributed by atoms with van der Waals surface area (Å²) in [4.78, 5) is 25.2. The molecule has 0 radical (unpaired) electrons. The molecule has 0 atom stereocenters. The zero-order valence-corrected chi connectivity index (χ0v) is 15.0. The molecular weight excluding hydrogens is 312 g/mol. The van der Waals surface area contributed by atoms with E-state index in [9.17, 15) is 9.59 Å². The second kappa shape index (κ2) is 6.71. The molecule has 0 heterocycles. The Bertz CT molecular complexity index is 802. The number of nitrogens with one attached hydrogen (secondary N) is 2. The van der Waals surface area contributed by atoms with Crippen molar-refractivity contribution < 1.29 is 9.59 Å². The lowest BCUT2D eigenvalue weighted by atomic mass is 10.0. The number of benzene rings is 2. The van der Waals surface area contributed by atoms with E-state index in [1.54, 1.807) is 0 Å². The van der Waals surface area contributed by atoms with Crippen LogP contribution in [-0.2, 0) is 16.1 Å². The van der Waals surface area contributed by atoms with Crippen LogP contribution in [-0.4, -0.2) is 11.8 Å². The van der Waals surface area contributed by atoms with E-state index >= 15 is 0 Å². The summed E-state index contributed by atoms with van der Waals surface area (Å²) in [5, 5.41) is 5.83. The summed E-state index contributed by atoms with van der Waals surface area (Å²) in [5.41, 5.74) is 4.20. The van der Waals surface area contributed by atoms with Gasteiger partial charge in [0.25, 0.3) is 0 Å². The number of amides is 2. The van der Waals surface area contributed by atoms with E-state index in [4.69, 9.17) is 0 Å². The third kappa shape index (κ3) is 3.90. The van der Waals surface area contributed by atoms with Gasteiger partial charge in [-0.05, 0) is 62.4 Å². The maximum Gasteiger partial charge on any atom is 0.240 e. The standard InChI is InChI=1S/C21H24N2O2/c1-14-5-4-6-17(10-14)13-22-19(24)21(7-8-21)20(25)23-18-11-15(2)9-16(3)12-18/h4-6,9-12H,7-8,13H2,1-3H3,(H,22,24)(H,23,25). The van der Waals surface area contributed by atoms with Crippen molar-refractivity contribution in [2.75, 3.05) is 5.32 Å². The molecule has 1 aliphatic rings. The summed E-state index contributed by atoms with van der Waals surface area (Å²) in [6, 6.07) is 13.9. The molecule has 130 valence electrons. The minimum absolute atomic E-state index is 0.184. The first kappa shape index (κ1) is 17.2. The molecule has 4 heteroatoms. The van der Waals surface area contributed by atoms with Gasteiger partial charge >= 0.3 is 0 Å². The zero-order valence-electron chi connectivity index (χ0n) is 15.0. The predicted octanol–water partition coefficient (Wildman–Crippen LogP) is 3.65. The van der Waals surface area contributed by atoms with Crippen molar-refractivity contribution in [1.82, 2.24) is 5.32 Å². The first-order valence-corrected chi connectivity index (χ1v) is 8.63. The van der Waals surface area contributed by atoms with Gasteiger partial charge in [-0.25, -0.2) is 0 Å². The summed E-state index contributed by atoms with van der Waals surface area (Å²) >= 11 is 0. The van der Waals surface area contributed by atoms with Gasteiger partial charge in [0.1, 0.15) is 5.41 Å². The Hall–Kier alpha value is -2.62. The molecule has 1 fully saturated rings. The number of rotatable bonds is 5. The van der Waals surface area contributed by atoms with Crippen molar-refractivity contribution in [3.8, 4) is 0 Å². The lowest BCUT2D eigenvalue weighted by molar-refractivity contribution is -0.134. The highest BCUT2D eigenvalue weighted by Gasteiger charge is 2.56. The molecule has 0 saturated heterocycles. The Labute approximate surface area is 148 Å². The number of anilines is 1. The molecule has 2 aromatic carbocycles. The Morgan fingerprint density at radius 2 is 1.60 bits per heavy atom. The van der Waals surface area contributed by atoms with Gasteiger partial charge in [-0.15, -0.1) is 0 Å². The zero-order chi connectivity index (χ0) is 18.0. The van der Waals surface area contributed by atoms with Crippen molar-refractivity contribution in [2.24, 2.45) is 5.41 Å². The highest BCUT2D eigenvalue weighted by molar-refractivity contribution is 6.13. The van der Waals surface area contributed by atoms with Gasteiger partial charge in [-0.1, -0.05) is 35.9 Å². The van der Waals surface area contributed by atoms with E-state index in [0.717, 1.165) is 27.9 Å². The average molecular weight is 336 g/mol. The highest BCUT2D eigenvalue weighted by Crippen LogP contribution is 2.47. The fraction of sp³-hybridized carbons (Fsp3) is 0.333. The van der Waals surface area contributed by atoms with Crippen LogP contribution in [0.5, 0.6) is 0 Å². The first-order valence-electron chi connectivity index (χ1n) is 8.63. The van der Waals surface area contributed by atoms with Crippen LogP contribution in [0.4, 0.5) is 5.69 Å². The highest BCUT2D eigenvalue weighted by atomic mass is 16.2. The molecule has 0 aromatic heterocycles. The molecule has 0 spiro atoms. The largest absolute Gasteiger partial charge is 0.351 e. The molecule has 0 aliphatic heterocycles. The number of hydrogen-bond acceptors (Lipinski definition) is 2.